The van der Waals surface area contributed by atoms with Crippen molar-refractivity contribution in [1.82, 2.24) is 20.1 Å². The largest absolute Gasteiger partial charge is 0.497 e. The SMILES string of the molecule is COc1ccc(-c2nnc(SCC(=O)N[C@@H]3CCS(=O)(=O)C3)n2[C@@H]2CCCC[C@@H]2C)cc1. The van der Waals surface area contributed by atoms with Gasteiger partial charge in [-0.1, -0.05) is 31.5 Å². The fourth-order valence-corrected chi connectivity index (χ4v) is 7.08. The Bertz CT molecular complexity index is 1050. The minimum atomic E-state index is -3.02. The summed E-state index contributed by atoms with van der Waals surface area (Å²) < 4.78 is 30.8. The van der Waals surface area contributed by atoms with Crippen LogP contribution in [0.2, 0.25) is 0 Å². The van der Waals surface area contributed by atoms with Gasteiger partial charge < -0.3 is 10.1 Å². The molecule has 1 N–H and O–H groups in total. The minimum absolute atomic E-state index is 0.0286. The molecule has 0 unspecified atom stereocenters. The molecule has 1 amide bonds. The number of nitrogens with zero attached hydrogens (tertiary/aromatic N) is 3. The molecule has 1 aromatic heterocycles. The highest BCUT2D eigenvalue weighted by Crippen LogP contribution is 2.39. The standard InChI is InChI=1S/C22H30N4O4S2/c1-15-5-3-4-6-19(15)26-21(16-7-9-18(30-2)10-8-16)24-25-22(26)31-13-20(27)23-17-11-12-32(28,29)14-17/h7-10,15,17,19H,3-6,11-14H2,1-2H3,(H,23,27)/t15-,17+,19+/m0/s1. The summed E-state index contributed by atoms with van der Waals surface area (Å²) >= 11 is 1.36. The molecule has 4 rings (SSSR count). The van der Waals surface area contributed by atoms with Crippen molar-refractivity contribution >= 4 is 27.5 Å². The number of hydrogen-bond donors (Lipinski definition) is 1. The van der Waals surface area contributed by atoms with E-state index in [1.54, 1.807) is 7.11 Å². The van der Waals surface area contributed by atoms with Crippen molar-refractivity contribution in [3.63, 3.8) is 0 Å². The van der Waals surface area contributed by atoms with Crippen LogP contribution in [0.25, 0.3) is 11.4 Å². The molecule has 0 bridgehead atoms. The van der Waals surface area contributed by atoms with Crippen molar-refractivity contribution in [1.29, 1.82) is 0 Å². The number of ether oxygens (including phenoxy) is 1. The first-order valence-electron chi connectivity index (χ1n) is 11.1. The van der Waals surface area contributed by atoms with Crippen LogP contribution >= 0.6 is 11.8 Å². The normalized spacial score (nSPS) is 24.9. The van der Waals surface area contributed by atoms with Crippen LogP contribution < -0.4 is 10.1 Å². The molecule has 10 heteroatoms. The zero-order chi connectivity index (χ0) is 22.7. The Morgan fingerprint density at radius 1 is 1.19 bits per heavy atom. The Labute approximate surface area is 193 Å². The van der Waals surface area contributed by atoms with E-state index in [4.69, 9.17) is 4.74 Å². The molecule has 2 heterocycles. The van der Waals surface area contributed by atoms with Crippen molar-refractivity contribution < 1.29 is 17.9 Å². The number of methoxy groups -OCH3 is 1. The quantitative estimate of drug-likeness (QED) is 0.610. The molecule has 2 fully saturated rings. The molecular formula is C22H30N4O4S2. The lowest BCUT2D eigenvalue weighted by Crippen LogP contribution is -2.36. The molecule has 1 aromatic carbocycles. The van der Waals surface area contributed by atoms with Gasteiger partial charge in [-0.2, -0.15) is 0 Å². The van der Waals surface area contributed by atoms with E-state index in [9.17, 15) is 13.2 Å². The van der Waals surface area contributed by atoms with Crippen LogP contribution in [-0.2, 0) is 14.6 Å². The Kier molecular flexibility index (Phi) is 7.09. The molecule has 1 aliphatic carbocycles. The Balaban J connectivity index is 1.53. The first-order chi connectivity index (χ1) is 15.4. The Hall–Kier alpha value is -2.07. The van der Waals surface area contributed by atoms with Gasteiger partial charge in [0.05, 0.1) is 24.4 Å². The minimum Gasteiger partial charge on any atom is -0.497 e. The molecule has 1 aliphatic heterocycles. The highest BCUT2D eigenvalue weighted by Gasteiger charge is 2.31. The predicted octanol–water partition coefficient (Wildman–Crippen LogP) is 3.10. The van der Waals surface area contributed by atoms with Crippen molar-refractivity contribution in [3.05, 3.63) is 24.3 Å². The fourth-order valence-electron chi connectivity index (χ4n) is 4.60. The topological polar surface area (TPSA) is 103 Å². The van der Waals surface area contributed by atoms with E-state index in [0.29, 0.717) is 12.3 Å². The summed E-state index contributed by atoms with van der Waals surface area (Å²) in [5.41, 5.74) is 0.962. The monoisotopic (exact) mass is 478 g/mol. The second-order valence-electron chi connectivity index (χ2n) is 8.69. The van der Waals surface area contributed by atoms with E-state index in [1.165, 1.54) is 18.2 Å². The second-order valence-corrected chi connectivity index (χ2v) is 11.9. The van der Waals surface area contributed by atoms with Gasteiger partial charge in [-0.15, -0.1) is 10.2 Å². The van der Waals surface area contributed by atoms with Crippen LogP contribution in [0.4, 0.5) is 0 Å². The van der Waals surface area contributed by atoms with Crippen LogP contribution in [0.1, 0.15) is 45.1 Å². The lowest BCUT2D eigenvalue weighted by Gasteiger charge is -2.31. The molecule has 2 aromatic rings. The number of nitrogens with one attached hydrogen (secondary N) is 1. The Morgan fingerprint density at radius 3 is 2.59 bits per heavy atom. The summed E-state index contributed by atoms with van der Waals surface area (Å²) in [5.74, 6) is 2.26. The van der Waals surface area contributed by atoms with E-state index >= 15 is 0 Å². The molecule has 8 nitrogen and oxygen atoms in total. The number of sulfone groups is 1. The lowest BCUT2D eigenvalue weighted by atomic mass is 9.85. The number of thioether (sulfide) groups is 1. The highest BCUT2D eigenvalue weighted by molar-refractivity contribution is 7.99. The van der Waals surface area contributed by atoms with Crippen LogP contribution in [-0.4, -0.2) is 59.5 Å². The average molecular weight is 479 g/mol. The van der Waals surface area contributed by atoms with Gasteiger partial charge in [0.2, 0.25) is 5.91 Å². The zero-order valence-corrected chi connectivity index (χ0v) is 20.1. The number of carbonyl (C=O) groups is 1. The van der Waals surface area contributed by atoms with E-state index in [2.05, 4.69) is 27.0 Å². The smallest absolute Gasteiger partial charge is 0.230 e. The van der Waals surface area contributed by atoms with Crippen molar-refractivity contribution in [2.45, 2.75) is 56.3 Å². The third-order valence-electron chi connectivity index (χ3n) is 6.34. The van der Waals surface area contributed by atoms with Gasteiger partial charge in [-0.3, -0.25) is 9.36 Å². The van der Waals surface area contributed by atoms with Gasteiger partial charge >= 0.3 is 0 Å². The Morgan fingerprint density at radius 2 is 1.94 bits per heavy atom. The van der Waals surface area contributed by atoms with Crippen molar-refractivity contribution in [2.75, 3.05) is 24.4 Å². The van der Waals surface area contributed by atoms with E-state index in [1.807, 2.05) is 24.3 Å². The number of carbonyl (C=O) groups excluding carboxylic acids is 1. The summed E-state index contributed by atoms with van der Waals surface area (Å²) in [4.78, 5) is 12.5. The maximum Gasteiger partial charge on any atom is 0.230 e. The maximum absolute atomic E-state index is 12.5. The van der Waals surface area contributed by atoms with E-state index < -0.39 is 9.84 Å². The van der Waals surface area contributed by atoms with Crippen LogP contribution in [0.15, 0.2) is 29.4 Å². The molecule has 1 saturated carbocycles. The maximum atomic E-state index is 12.5. The summed E-state index contributed by atoms with van der Waals surface area (Å²) in [6.45, 7) is 2.27. The highest BCUT2D eigenvalue weighted by atomic mass is 32.2. The first-order valence-corrected chi connectivity index (χ1v) is 13.9. The van der Waals surface area contributed by atoms with Gasteiger partial charge in [0.15, 0.2) is 20.8 Å². The van der Waals surface area contributed by atoms with Crippen LogP contribution in [0, 0.1) is 5.92 Å². The molecule has 0 radical (unpaired) electrons. The molecule has 3 atom stereocenters. The third kappa shape index (κ3) is 5.28. The van der Waals surface area contributed by atoms with Gasteiger partial charge in [0.25, 0.3) is 0 Å². The lowest BCUT2D eigenvalue weighted by molar-refractivity contribution is -0.119. The number of benzene rings is 1. The van der Waals surface area contributed by atoms with Gasteiger partial charge in [0, 0.05) is 17.6 Å². The second kappa shape index (κ2) is 9.82. The summed E-state index contributed by atoms with van der Waals surface area (Å²) in [6, 6.07) is 7.77. The number of aromatic nitrogens is 3. The molecule has 0 spiro atoms. The van der Waals surface area contributed by atoms with E-state index in [-0.39, 0.29) is 35.2 Å². The zero-order valence-electron chi connectivity index (χ0n) is 18.5. The number of amides is 1. The molecule has 2 aliphatic rings. The van der Waals surface area contributed by atoms with E-state index in [0.717, 1.165) is 41.6 Å². The van der Waals surface area contributed by atoms with Crippen LogP contribution in [0.5, 0.6) is 5.75 Å². The molecule has 32 heavy (non-hydrogen) atoms. The summed E-state index contributed by atoms with van der Waals surface area (Å²) in [6.07, 6.45) is 5.09. The molecular weight excluding hydrogens is 448 g/mol. The van der Waals surface area contributed by atoms with Crippen LogP contribution in [0.3, 0.4) is 0 Å². The third-order valence-corrected chi connectivity index (χ3v) is 9.05. The fraction of sp³-hybridized carbons (Fsp3) is 0.591. The van der Waals surface area contributed by atoms with Gasteiger partial charge in [-0.05, 0) is 49.4 Å². The van der Waals surface area contributed by atoms with Gasteiger partial charge in [0.1, 0.15) is 5.75 Å². The van der Waals surface area contributed by atoms with Gasteiger partial charge in [-0.25, -0.2) is 8.42 Å². The predicted molar refractivity (Wildman–Crippen MR) is 125 cm³/mol. The molecule has 1 saturated heterocycles. The van der Waals surface area contributed by atoms with Crippen molar-refractivity contribution in [3.8, 4) is 17.1 Å². The first kappa shape index (κ1) is 23.1. The summed E-state index contributed by atoms with van der Waals surface area (Å²) in [7, 11) is -1.38. The summed E-state index contributed by atoms with van der Waals surface area (Å²) in [5, 5.41) is 12.5. The number of rotatable bonds is 7. The number of hydrogen-bond acceptors (Lipinski definition) is 7. The average Bonchev–Trinajstić information content (AvgIpc) is 3.35. The molecule has 174 valence electrons. The van der Waals surface area contributed by atoms with Crippen molar-refractivity contribution in [2.24, 2.45) is 5.92 Å².